The Morgan fingerprint density at radius 3 is 3.19 bits per heavy atom. The topological polar surface area (TPSA) is 45.0 Å². The van der Waals surface area contributed by atoms with Gasteiger partial charge in [-0.05, 0) is 65.6 Å². The SMILES string of the molecule is N#CCOc1cccc(NC2CCCc3sc(I)cc32)c1. The van der Waals surface area contributed by atoms with E-state index in [1.807, 2.05) is 41.7 Å². The lowest BCUT2D eigenvalue weighted by molar-refractivity contribution is 0.368. The Morgan fingerprint density at radius 2 is 2.33 bits per heavy atom. The minimum atomic E-state index is 0.0831. The fraction of sp³-hybridized carbons (Fsp3) is 0.312. The summed E-state index contributed by atoms with van der Waals surface area (Å²) < 4.78 is 6.72. The van der Waals surface area contributed by atoms with Crippen molar-refractivity contribution in [3.05, 3.63) is 43.7 Å². The molecule has 1 aliphatic rings. The van der Waals surface area contributed by atoms with Gasteiger partial charge >= 0.3 is 0 Å². The van der Waals surface area contributed by atoms with Gasteiger partial charge in [-0.3, -0.25) is 0 Å². The van der Waals surface area contributed by atoms with Crippen LogP contribution in [-0.4, -0.2) is 6.61 Å². The summed E-state index contributed by atoms with van der Waals surface area (Å²) in [5.74, 6) is 0.734. The van der Waals surface area contributed by atoms with Crippen molar-refractivity contribution in [1.29, 1.82) is 5.26 Å². The van der Waals surface area contributed by atoms with Crippen LogP contribution in [0.25, 0.3) is 0 Å². The number of anilines is 1. The maximum atomic E-state index is 8.58. The van der Waals surface area contributed by atoms with E-state index in [4.69, 9.17) is 10.00 Å². The van der Waals surface area contributed by atoms with Crippen LogP contribution in [0.4, 0.5) is 5.69 Å². The Balaban J connectivity index is 1.77. The number of nitrogens with one attached hydrogen (secondary N) is 1. The van der Waals surface area contributed by atoms with Gasteiger partial charge in [0.05, 0.1) is 8.93 Å². The first-order valence-electron chi connectivity index (χ1n) is 6.91. The first kappa shape index (κ1) is 14.7. The Labute approximate surface area is 142 Å². The lowest BCUT2D eigenvalue weighted by Crippen LogP contribution is -2.15. The van der Waals surface area contributed by atoms with Gasteiger partial charge in [-0.1, -0.05) is 6.07 Å². The maximum absolute atomic E-state index is 8.58. The van der Waals surface area contributed by atoms with Gasteiger partial charge < -0.3 is 10.1 Å². The monoisotopic (exact) mass is 410 g/mol. The van der Waals surface area contributed by atoms with Gasteiger partial charge in [0.15, 0.2) is 6.61 Å². The molecule has 0 amide bonds. The summed E-state index contributed by atoms with van der Waals surface area (Å²) in [5.41, 5.74) is 2.49. The number of thiophene rings is 1. The van der Waals surface area contributed by atoms with Crippen molar-refractivity contribution in [1.82, 2.24) is 0 Å². The predicted molar refractivity (Wildman–Crippen MR) is 93.9 cm³/mol. The molecule has 1 aromatic carbocycles. The number of hydrogen-bond donors (Lipinski definition) is 1. The van der Waals surface area contributed by atoms with Crippen LogP contribution >= 0.6 is 33.9 Å². The number of nitriles is 1. The molecule has 0 spiro atoms. The molecule has 5 heteroatoms. The minimum absolute atomic E-state index is 0.0831. The zero-order chi connectivity index (χ0) is 14.7. The average Bonchev–Trinajstić information content (AvgIpc) is 2.87. The van der Waals surface area contributed by atoms with Gasteiger partial charge in [0.1, 0.15) is 11.8 Å². The summed E-state index contributed by atoms with van der Waals surface area (Å²) in [7, 11) is 0. The van der Waals surface area contributed by atoms with Crippen LogP contribution in [0.2, 0.25) is 0 Å². The van der Waals surface area contributed by atoms with E-state index in [-0.39, 0.29) is 6.61 Å². The molecule has 0 fully saturated rings. The maximum Gasteiger partial charge on any atom is 0.174 e. The second-order valence-corrected chi connectivity index (χ2v) is 8.02. The molecule has 1 aliphatic carbocycles. The number of hydrogen-bond acceptors (Lipinski definition) is 4. The van der Waals surface area contributed by atoms with Crippen LogP contribution in [0.3, 0.4) is 0 Å². The van der Waals surface area contributed by atoms with E-state index in [0.29, 0.717) is 6.04 Å². The molecule has 0 bridgehead atoms. The van der Waals surface area contributed by atoms with E-state index < -0.39 is 0 Å². The number of aryl methyl sites for hydroxylation is 1. The highest BCUT2D eigenvalue weighted by molar-refractivity contribution is 14.1. The van der Waals surface area contributed by atoms with Crippen molar-refractivity contribution in [3.8, 4) is 11.8 Å². The van der Waals surface area contributed by atoms with E-state index in [9.17, 15) is 0 Å². The highest BCUT2D eigenvalue weighted by Crippen LogP contribution is 2.38. The van der Waals surface area contributed by atoms with Gasteiger partial charge in [0.25, 0.3) is 0 Å². The van der Waals surface area contributed by atoms with E-state index in [0.717, 1.165) is 17.9 Å². The number of fused-ring (bicyclic) bond motifs is 1. The molecule has 1 atom stereocenters. The van der Waals surface area contributed by atoms with Crippen molar-refractivity contribution >= 4 is 39.6 Å². The third kappa shape index (κ3) is 3.50. The molecular weight excluding hydrogens is 395 g/mol. The van der Waals surface area contributed by atoms with Gasteiger partial charge in [-0.25, -0.2) is 0 Å². The lowest BCUT2D eigenvalue weighted by atomic mass is 9.94. The van der Waals surface area contributed by atoms with Crippen molar-refractivity contribution in [2.45, 2.75) is 25.3 Å². The second-order valence-electron chi connectivity index (χ2n) is 4.99. The Kier molecular flexibility index (Phi) is 4.66. The summed E-state index contributed by atoms with van der Waals surface area (Å²) in [5, 5.41) is 12.2. The summed E-state index contributed by atoms with van der Waals surface area (Å²) in [6.07, 6.45) is 3.58. The van der Waals surface area contributed by atoms with Gasteiger partial charge in [-0.2, -0.15) is 5.26 Å². The van der Waals surface area contributed by atoms with Crippen molar-refractivity contribution in [2.75, 3.05) is 11.9 Å². The first-order valence-corrected chi connectivity index (χ1v) is 8.80. The van der Waals surface area contributed by atoms with Crippen LogP contribution in [0.5, 0.6) is 5.75 Å². The van der Waals surface area contributed by atoms with Gasteiger partial charge in [-0.15, -0.1) is 11.3 Å². The Bertz CT molecular complexity index is 677. The highest BCUT2D eigenvalue weighted by Gasteiger charge is 2.22. The molecular formula is C16H15IN2OS. The number of benzene rings is 1. The molecule has 1 unspecified atom stereocenters. The van der Waals surface area contributed by atoms with E-state index in [2.05, 4.69) is 34.0 Å². The second kappa shape index (κ2) is 6.67. The van der Waals surface area contributed by atoms with Crippen LogP contribution in [0.15, 0.2) is 30.3 Å². The fourth-order valence-corrected chi connectivity index (χ4v) is 4.78. The van der Waals surface area contributed by atoms with Crippen LogP contribution < -0.4 is 10.1 Å². The summed E-state index contributed by atoms with van der Waals surface area (Å²) in [6.45, 7) is 0.0831. The number of ether oxygens (including phenoxy) is 1. The minimum Gasteiger partial charge on any atom is -0.479 e. The third-order valence-corrected chi connectivity index (χ3v) is 5.53. The molecule has 21 heavy (non-hydrogen) atoms. The van der Waals surface area contributed by atoms with Crippen LogP contribution in [0, 0.1) is 14.2 Å². The van der Waals surface area contributed by atoms with E-state index in [1.54, 1.807) is 0 Å². The fourth-order valence-electron chi connectivity index (χ4n) is 2.66. The normalized spacial score (nSPS) is 16.9. The smallest absolute Gasteiger partial charge is 0.174 e. The average molecular weight is 410 g/mol. The van der Waals surface area contributed by atoms with E-state index in [1.165, 1.54) is 26.2 Å². The zero-order valence-corrected chi connectivity index (χ0v) is 14.4. The molecule has 2 aromatic rings. The molecule has 0 radical (unpaired) electrons. The van der Waals surface area contributed by atoms with Gasteiger partial charge in [0, 0.05) is 16.6 Å². The summed E-state index contributed by atoms with van der Waals surface area (Å²) >= 11 is 4.31. The quantitative estimate of drug-likeness (QED) is 0.741. The molecule has 108 valence electrons. The summed E-state index contributed by atoms with van der Waals surface area (Å²) in [6, 6.07) is 12.5. The van der Waals surface area contributed by atoms with Crippen molar-refractivity contribution in [3.63, 3.8) is 0 Å². The summed E-state index contributed by atoms with van der Waals surface area (Å²) in [4.78, 5) is 1.51. The molecule has 1 heterocycles. The molecule has 0 saturated carbocycles. The number of halogens is 1. The number of nitrogens with zero attached hydrogens (tertiary/aromatic N) is 1. The predicted octanol–water partition coefficient (Wildman–Crippen LogP) is 4.74. The first-order chi connectivity index (χ1) is 10.3. The van der Waals surface area contributed by atoms with Crippen LogP contribution in [-0.2, 0) is 6.42 Å². The molecule has 1 N–H and O–H groups in total. The third-order valence-electron chi connectivity index (χ3n) is 3.56. The van der Waals surface area contributed by atoms with E-state index >= 15 is 0 Å². The Hall–Kier alpha value is -1.26. The highest BCUT2D eigenvalue weighted by atomic mass is 127. The van der Waals surface area contributed by atoms with Crippen molar-refractivity contribution in [2.24, 2.45) is 0 Å². The molecule has 1 aromatic heterocycles. The Morgan fingerprint density at radius 1 is 1.43 bits per heavy atom. The molecule has 0 saturated heterocycles. The lowest BCUT2D eigenvalue weighted by Gasteiger charge is -2.24. The molecule has 0 aliphatic heterocycles. The largest absolute Gasteiger partial charge is 0.479 e. The standard InChI is InChI=1S/C16H15IN2OS/c17-16-10-13-14(5-2-6-15(13)21-16)19-11-3-1-4-12(9-11)20-8-7-18/h1,3-4,9-10,14,19H,2,5-6,8H2. The number of rotatable bonds is 4. The zero-order valence-electron chi connectivity index (χ0n) is 11.4. The van der Waals surface area contributed by atoms with Crippen molar-refractivity contribution < 1.29 is 4.74 Å². The van der Waals surface area contributed by atoms with Gasteiger partial charge in [0.2, 0.25) is 0 Å². The molecule has 3 nitrogen and oxygen atoms in total. The molecule has 3 rings (SSSR count). The van der Waals surface area contributed by atoms with Crippen LogP contribution in [0.1, 0.15) is 29.3 Å².